The minimum atomic E-state index is -0.936. The van der Waals surface area contributed by atoms with Gasteiger partial charge >= 0.3 is 0 Å². The number of nitrogens with zero attached hydrogens (tertiary/aromatic N) is 4. The van der Waals surface area contributed by atoms with E-state index in [0.717, 1.165) is 43.2 Å². The van der Waals surface area contributed by atoms with Gasteiger partial charge in [-0.2, -0.15) is 5.10 Å². The van der Waals surface area contributed by atoms with Crippen molar-refractivity contribution in [2.45, 2.75) is 76.5 Å². The van der Waals surface area contributed by atoms with E-state index in [2.05, 4.69) is 36.0 Å². The molecule has 2 aromatic rings. The number of carbonyl (C=O) groups is 1. The van der Waals surface area contributed by atoms with Crippen molar-refractivity contribution in [3.63, 3.8) is 0 Å². The smallest absolute Gasteiger partial charge is 0.244 e. The molecule has 2 aliphatic heterocycles. The molecule has 1 aromatic heterocycles. The SMILES string of the molecule is COc1ccc(C)c(C23CCN(C(=O)Cn4cc(C)cn4)CCC2(O)C(C)N(CC2CC2)CC3)c1. The van der Waals surface area contributed by atoms with E-state index in [4.69, 9.17) is 4.74 Å². The number of hydrogen-bond donors (Lipinski definition) is 1. The van der Waals surface area contributed by atoms with Gasteiger partial charge in [-0.05, 0) is 94.2 Å². The highest BCUT2D eigenvalue weighted by Crippen LogP contribution is 2.53. The van der Waals surface area contributed by atoms with Gasteiger partial charge in [0.2, 0.25) is 5.91 Å². The fraction of sp³-hybridized carbons (Fsp3) is 0.643. The topological polar surface area (TPSA) is 70.8 Å². The predicted molar refractivity (Wildman–Crippen MR) is 136 cm³/mol. The molecular weight excluding hydrogens is 440 g/mol. The van der Waals surface area contributed by atoms with Crippen molar-refractivity contribution >= 4 is 5.91 Å². The normalized spacial score (nSPS) is 29.5. The third-order valence-electron chi connectivity index (χ3n) is 9.03. The third-order valence-corrected chi connectivity index (χ3v) is 9.03. The molecule has 7 nitrogen and oxygen atoms in total. The Labute approximate surface area is 209 Å². The number of ether oxygens (including phenoxy) is 1. The Hall–Kier alpha value is -2.38. The maximum absolute atomic E-state index is 13.3. The molecule has 1 aromatic carbocycles. The largest absolute Gasteiger partial charge is 0.497 e. The number of aliphatic hydroxyl groups is 1. The average molecular weight is 481 g/mol. The number of benzene rings is 1. The van der Waals surface area contributed by atoms with E-state index in [0.29, 0.717) is 19.5 Å². The molecule has 0 bridgehead atoms. The summed E-state index contributed by atoms with van der Waals surface area (Å²) in [5.74, 6) is 1.66. The first-order valence-corrected chi connectivity index (χ1v) is 13.1. The van der Waals surface area contributed by atoms with Crippen LogP contribution in [0.4, 0.5) is 0 Å². The highest BCUT2D eigenvalue weighted by atomic mass is 16.5. The maximum Gasteiger partial charge on any atom is 0.244 e. The van der Waals surface area contributed by atoms with Crippen LogP contribution < -0.4 is 4.74 Å². The highest BCUT2D eigenvalue weighted by molar-refractivity contribution is 5.76. The molecule has 0 radical (unpaired) electrons. The Balaban J connectivity index is 1.49. The first-order chi connectivity index (χ1) is 16.8. The quantitative estimate of drug-likeness (QED) is 0.687. The molecule has 3 atom stereocenters. The predicted octanol–water partition coefficient (Wildman–Crippen LogP) is 3.30. The average Bonchev–Trinajstić information content (AvgIpc) is 3.60. The second kappa shape index (κ2) is 9.25. The van der Waals surface area contributed by atoms with Crippen LogP contribution in [-0.2, 0) is 16.8 Å². The van der Waals surface area contributed by atoms with E-state index < -0.39 is 11.0 Å². The molecule has 35 heavy (non-hydrogen) atoms. The van der Waals surface area contributed by atoms with E-state index in [1.54, 1.807) is 18.0 Å². The van der Waals surface area contributed by atoms with Crippen molar-refractivity contribution in [2.24, 2.45) is 5.92 Å². The molecule has 7 heteroatoms. The lowest BCUT2D eigenvalue weighted by atomic mass is 9.57. The second-order valence-electron chi connectivity index (χ2n) is 11.1. The number of aromatic nitrogens is 2. The third kappa shape index (κ3) is 4.38. The first kappa shape index (κ1) is 24.3. The Morgan fingerprint density at radius 2 is 1.91 bits per heavy atom. The van der Waals surface area contributed by atoms with Crippen molar-refractivity contribution in [3.8, 4) is 5.75 Å². The van der Waals surface area contributed by atoms with Crippen LogP contribution in [-0.4, -0.2) is 75.5 Å². The van der Waals surface area contributed by atoms with Gasteiger partial charge in [0.05, 0.1) is 18.9 Å². The van der Waals surface area contributed by atoms with Crippen LogP contribution in [0.15, 0.2) is 30.6 Å². The number of fused-ring (bicyclic) bond motifs is 1. The van der Waals surface area contributed by atoms with Gasteiger partial charge in [-0.3, -0.25) is 14.4 Å². The number of piperidine rings is 1. The van der Waals surface area contributed by atoms with Crippen molar-refractivity contribution in [2.75, 3.05) is 33.3 Å². The fourth-order valence-corrected chi connectivity index (χ4v) is 6.65. The summed E-state index contributed by atoms with van der Waals surface area (Å²) in [5.41, 5.74) is 2.04. The zero-order valence-electron chi connectivity index (χ0n) is 21.7. The molecule has 1 aliphatic carbocycles. The van der Waals surface area contributed by atoms with Crippen molar-refractivity contribution < 1.29 is 14.6 Å². The minimum Gasteiger partial charge on any atom is -0.497 e. The van der Waals surface area contributed by atoms with E-state index in [9.17, 15) is 9.90 Å². The van der Waals surface area contributed by atoms with Crippen molar-refractivity contribution in [1.29, 1.82) is 0 Å². The number of hydrogen-bond acceptors (Lipinski definition) is 5. The van der Waals surface area contributed by atoms with E-state index in [1.165, 1.54) is 24.0 Å². The lowest BCUT2D eigenvalue weighted by Gasteiger charge is -2.57. The van der Waals surface area contributed by atoms with E-state index in [1.807, 2.05) is 24.1 Å². The highest BCUT2D eigenvalue weighted by Gasteiger charge is 2.59. The molecule has 3 unspecified atom stereocenters. The molecule has 3 aliphatic rings. The first-order valence-electron chi connectivity index (χ1n) is 13.1. The molecule has 1 N–H and O–H groups in total. The van der Waals surface area contributed by atoms with Crippen LogP contribution in [0.25, 0.3) is 0 Å². The van der Waals surface area contributed by atoms with Crippen LogP contribution in [0.2, 0.25) is 0 Å². The summed E-state index contributed by atoms with van der Waals surface area (Å²) in [6.45, 7) is 9.79. The van der Waals surface area contributed by atoms with Gasteiger partial charge in [-0.1, -0.05) is 6.07 Å². The zero-order chi connectivity index (χ0) is 24.8. The summed E-state index contributed by atoms with van der Waals surface area (Å²) in [4.78, 5) is 17.8. The molecule has 3 fully saturated rings. The molecule has 3 heterocycles. The fourth-order valence-electron chi connectivity index (χ4n) is 6.65. The number of methoxy groups -OCH3 is 1. The second-order valence-corrected chi connectivity index (χ2v) is 11.1. The molecular formula is C28H40N4O3. The van der Waals surface area contributed by atoms with Gasteiger partial charge < -0.3 is 14.7 Å². The molecule has 0 spiro atoms. The van der Waals surface area contributed by atoms with Gasteiger partial charge in [-0.15, -0.1) is 0 Å². The van der Waals surface area contributed by atoms with Crippen LogP contribution in [0.5, 0.6) is 5.75 Å². The number of amides is 1. The van der Waals surface area contributed by atoms with Crippen LogP contribution >= 0.6 is 0 Å². The number of likely N-dealkylation sites (tertiary alicyclic amines) is 2. The number of carbonyl (C=O) groups excluding carboxylic acids is 1. The van der Waals surface area contributed by atoms with Gasteiger partial charge in [0.1, 0.15) is 12.3 Å². The lowest BCUT2D eigenvalue weighted by molar-refractivity contribution is -0.137. The Bertz CT molecular complexity index is 1080. The molecule has 1 amide bonds. The summed E-state index contributed by atoms with van der Waals surface area (Å²) in [6, 6.07) is 6.26. The summed E-state index contributed by atoms with van der Waals surface area (Å²) in [6.07, 6.45) is 8.48. The monoisotopic (exact) mass is 480 g/mol. The Kier molecular flexibility index (Phi) is 6.43. The molecule has 5 rings (SSSR count). The van der Waals surface area contributed by atoms with Crippen LogP contribution in [0.3, 0.4) is 0 Å². The minimum absolute atomic E-state index is 0.0197. The summed E-state index contributed by atoms with van der Waals surface area (Å²) < 4.78 is 7.33. The van der Waals surface area contributed by atoms with Gasteiger partial charge in [0.25, 0.3) is 0 Å². The van der Waals surface area contributed by atoms with Crippen molar-refractivity contribution in [1.82, 2.24) is 19.6 Å². The molecule has 1 saturated carbocycles. The summed E-state index contributed by atoms with van der Waals surface area (Å²) in [5, 5.41) is 17.0. The summed E-state index contributed by atoms with van der Waals surface area (Å²) in [7, 11) is 1.70. The Morgan fingerprint density at radius 1 is 1.17 bits per heavy atom. The lowest BCUT2D eigenvalue weighted by Crippen LogP contribution is -2.68. The van der Waals surface area contributed by atoms with Gasteiger partial charge in [0.15, 0.2) is 0 Å². The van der Waals surface area contributed by atoms with Crippen LogP contribution in [0.1, 0.15) is 55.7 Å². The zero-order valence-corrected chi connectivity index (χ0v) is 21.7. The van der Waals surface area contributed by atoms with E-state index >= 15 is 0 Å². The van der Waals surface area contributed by atoms with Crippen LogP contribution in [0, 0.1) is 19.8 Å². The van der Waals surface area contributed by atoms with Gasteiger partial charge in [0, 0.05) is 37.3 Å². The van der Waals surface area contributed by atoms with Gasteiger partial charge in [-0.25, -0.2) is 0 Å². The maximum atomic E-state index is 13.3. The molecule has 190 valence electrons. The molecule has 2 saturated heterocycles. The van der Waals surface area contributed by atoms with Crippen molar-refractivity contribution in [3.05, 3.63) is 47.3 Å². The summed E-state index contributed by atoms with van der Waals surface area (Å²) >= 11 is 0. The number of aryl methyl sites for hydroxylation is 2. The number of rotatable bonds is 6. The standard InChI is InChI=1S/C28H40N4O3/c1-20-16-29-32(17-20)19-26(33)30-12-9-27(25-15-24(35-4)8-5-21(25)2)10-13-31(18-23-6-7-23)22(3)28(27,34)11-14-30/h5,8,15-17,22-23,34H,6-7,9-14,18-19H2,1-4H3. The Morgan fingerprint density at radius 3 is 2.60 bits per heavy atom. The van der Waals surface area contributed by atoms with E-state index in [-0.39, 0.29) is 18.5 Å².